The van der Waals surface area contributed by atoms with Crippen molar-refractivity contribution in [1.29, 1.82) is 0 Å². The molecule has 1 aromatic carbocycles. The smallest absolute Gasteiger partial charge is 0.372 e. The van der Waals surface area contributed by atoms with Crippen LogP contribution in [0.5, 0.6) is 0 Å². The maximum atomic E-state index is 12.1. The number of aliphatic hydroxyl groups is 1. The van der Waals surface area contributed by atoms with E-state index in [1.165, 1.54) is 0 Å². The summed E-state index contributed by atoms with van der Waals surface area (Å²) in [5.41, 5.74) is -2.19. The fourth-order valence-electron chi connectivity index (χ4n) is 1.27. The van der Waals surface area contributed by atoms with Crippen LogP contribution >= 0.6 is 15.9 Å². The molecule has 1 amide bonds. The zero-order valence-electron chi connectivity index (χ0n) is 10.4. The Balaban J connectivity index is 3.04. The number of rotatable bonds is 4. The molecule has 0 aliphatic rings. The summed E-state index contributed by atoms with van der Waals surface area (Å²) in [6, 6.07) is 3.21. The van der Waals surface area contributed by atoms with Crippen molar-refractivity contribution in [2.75, 3.05) is 12.4 Å². The van der Waals surface area contributed by atoms with Crippen molar-refractivity contribution in [3.8, 4) is 0 Å². The van der Waals surface area contributed by atoms with Gasteiger partial charge in [0.25, 0.3) is 0 Å². The van der Waals surface area contributed by atoms with Crippen LogP contribution in [-0.4, -0.2) is 32.7 Å². The molecule has 1 aromatic rings. The minimum atomic E-state index is -5.05. The summed E-state index contributed by atoms with van der Waals surface area (Å²) >= 11 is 2.89. The number of carbonyl (C=O) groups is 1. The van der Waals surface area contributed by atoms with Gasteiger partial charge >= 0.3 is 12.1 Å². The third kappa shape index (κ3) is 4.40. The topological polar surface area (TPSA) is 95.5 Å². The molecular weight excluding hydrogens is 381 g/mol. The molecule has 0 aliphatic carbocycles. The van der Waals surface area contributed by atoms with Crippen molar-refractivity contribution >= 4 is 37.5 Å². The molecule has 0 radical (unpaired) electrons. The molecule has 11 heteroatoms. The highest BCUT2D eigenvalue weighted by Crippen LogP contribution is 2.29. The van der Waals surface area contributed by atoms with E-state index in [4.69, 9.17) is 0 Å². The third-order valence-corrected chi connectivity index (χ3v) is 4.45. The number of sulfonamides is 1. The number of nitrogens with one attached hydrogen (secondary N) is 2. The van der Waals surface area contributed by atoms with Crippen LogP contribution in [0.2, 0.25) is 0 Å². The van der Waals surface area contributed by atoms with Gasteiger partial charge in [-0.25, -0.2) is 13.1 Å². The predicted octanol–water partition coefficient (Wildman–Crippen LogP) is 1.49. The summed E-state index contributed by atoms with van der Waals surface area (Å²) in [5, 5.41) is 11.2. The van der Waals surface area contributed by atoms with E-state index in [0.717, 1.165) is 25.2 Å². The van der Waals surface area contributed by atoms with E-state index in [-0.39, 0.29) is 15.7 Å². The molecule has 0 spiro atoms. The summed E-state index contributed by atoms with van der Waals surface area (Å²) in [4.78, 5) is 10.8. The van der Waals surface area contributed by atoms with E-state index in [2.05, 4.69) is 15.9 Å². The lowest BCUT2D eigenvalue weighted by Gasteiger charge is -2.14. The van der Waals surface area contributed by atoms with Gasteiger partial charge in [-0.2, -0.15) is 13.2 Å². The average molecular weight is 391 g/mol. The van der Waals surface area contributed by atoms with Crippen LogP contribution in [0.3, 0.4) is 0 Å². The van der Waals surface area contributed by atoms with Gasteiger partial charge < -0.3 is 10.4 Å². The standard InChI is InChI=1S/C10H10BrF3N2O4S/c1-15-21(19,20)8(17)5-2-3-7(6(11)4-5)16-9(18)10(12,13)14/h2-4,8,15,17H,1H3,(H,16,18). The van der Waals surface area contributed by atoms with E-state index in [1.807, 2.05) is 4.72 Å². The number of halogens is 4. The lowest BCUT2D eigenvalue weighted by atomic mass is 10.2. The Kier molecular flexibility index (Phi) is 5.36. The molecule has 0 bridgehead atoms. The fourth-order valence-corrected chi connectivity index (χ4v) is 2.49. The quantitative estimate of drug-likeness (QED) is 0.725. The van der Waals surface area contributed by atoms with Crippen molar-refractivity contribution in [3.63, 3.8) is 0 Å². The molecule has 1 unspecified atom stereocenters. The van der Waals surface area contributed by atoms with Gasteiger partial charge in [0.1, 0.15) is 0 Å². The number of carbonyl (C=O) groups excluding carboxylic acids is 1. The average Bonchev–Trinajstić information content (AvgIpc) is 2.38. The molecule has 1 atom stereocenters. The van der Waals surface area contributed by atoms with Crippen LogP contribution < -0.4 is 10.0 Å². The first-order valence-electron chi connectivity index (χ1n) is 5.27. The van der Waals surface area contributed by atoms with Gasteiger partial charge in [-0.05, 0) is 40.7 Å². The Labute approximate surface area is 126 Å². The predicted molar refractivity (Wildman–Crippen MR) is 71.8 cm³/mol. The van der Waals surface area contributed by atoms with Gasteiger partial charge in [0.2, 0.25) is 10.0 Å². The maximum absolute atomic E-state index is 12.1. The van der Waals surface area contributed by atoms with Crippen molar-refractivity contribution in [2.24, 2.45) is 0 Å². The van der Waals surface area contributed by atoms with Crippen molar-refractivity contribution in [3.05, 3.63) is 28.2 Å². The van der Waals surface area contributed by atoms with E-state index < -0.39 is 27.5 Å². The number of hydrogen-bond acceptors (Lipinski definition) is 4. The van der Waals surface area contributed by atoms with Gasteiger partial charge in [-0.15, -0.1) is 0 Å². The Bertz CT molecular complexity index is 648. The van der Waals surface area contributed by atoms with E-state index in [0.29, 0.717) is 0 Å². The Morgan fingerprint density at radius 3 is 2.38 bits per heavy atom. The molecule has 6 nitrogen and oxygen atoms in total. The lowest BCUT2D eigenvalue weighted by molar-refractivity contribution is -0.167. The Morgan fingerprint density at radius 1 is 1.38 bits per heavy atom. The van der Waals surface area contributed by atoms with Crippen molar-refractivity contribution in [1.82, 2.24) is 4.72 Å². The molecule has 0 saturated carbocycles. The van der Waals surface area contributed by atoms with E-state index in [9.17, 15) is 31.5 Å². The van der Waals surface area contributed by atoms with Gasteiger partial charge in [0.05, 0.1) is 5.69 Å². The van der Waals surface area contributed by atoms with Crippen molar-refractivity contribution < 1.29 is 31.5 Å². The van der Waals surface area contributed by atoms with Crippen LogP contribution in [0.4, 0.5) is 18.9 Å². The molecular formula is C10H10BrF3N2O4S. The highest BCUT2D eigenvalue weighted by Gasteiger charge is 2.39. The molecule has 1 rings (SSSR count). The number of hydrogen-bond donors (Lipinski definition) is 3. The number of benzene rings is 1. The highest BCUT2D eigenvalue weighted by atomic mass is 79.9. The minimum absolute atomic E-state index is 0.0112. The molecule has 0 heterocycles. The fraction of sp³-hybridized carbons (Fsp3) is 0.300. The first-order valence-corrected chi connectivity index (χ1v) is 7.61. The summed E-state index contributed by atoms with van der Waals surface area (Å²) < 4.78 is 61.1. The van der Waals surface area contributed by atoms with Crippen LogP contribution in [0.25, 0.3) is 0 Å². The normalized spacial score (nSPS) is 13.8. The molecule has 118 valence electrons. The third-order valence-electron chi connectivity index (χ3n) is 2.36. The van der Waals surface area contributed by atoms with Crippen LogP contribution in [0, 0.1) is 0 Å². The van der Waals surface area contributed by atoms with Crippen LogP contribution in [0.1, 0.15) is 11.0 Å². The Hall–Kier alpha value is -1.17. The maximum Gasteiger partial charge on any atom is 0.471 e. The largest absolute Gasteiger partial charge is 0.471 e. The first kappa shape index (κ1) is 17.9. The highest BCUT2D eigenvalue weighted by molar-refractivity contribution is 9.10. The van der Waals surface area contributed by atoms with Crippen molar-refractivity contribution in [2.45, 2.75) is 11.6 Å². The number of anilines is 1. The van der Waals surface area contributed by atoms with Gasteiger partial charge in [0, 0.05) is 4.47 Å². The molecule has 0 saturated heterocycles. The number of aliphatic hydroxyl groups excluding tert-OH is 1. The molecule has 0 fully saturated rings. The van der Waals surface area contributed by atoms with Crippen LogP contribution in [0.15, 0.2) is 22.7 Å². The summed E-state index contributed by atoms with van der Waals surface area (Å²) in [7, 11) is -2.91. The van der Waals surface area contributed by atoms with Gasteiger partial charge in [-0.3, -0.25) is 4.79 Å². The zero-order valence-corrected chi connectivity index (χ0v) is 12.8. The Morgan fingerprint density at radius 2 is 1.95 bits per heavy atom. The summed E-state index contributed by atoms with van der Waals surface area (Å²) in [6.07, 6.45) is -5.05. The zero-order chi connectivity index (χ0) is 16.4. The lowest BCUT2D eigenvalue weighted by Crippen LogP contribution is -2.30. The first-order chi connectivity index (χ1) is 9.49. The molecule has 21 heavy (non-hydrogen) atoms. The number of alkyl halides is 3. The van der Waals surface area contributed by atoms with E-state index >= 15 is 0 Å². The molecule has 0 aliphatic heterocycles. The monoisotopic (exact) mass is 390 g/mol. The SMILES string of the molecule is CNS(=O)(=O)C(O)c1ccc(NC(=O)C(F)(F)F)c(Br)c1. The van der Waals surface area contributed by atoms with Gasteiger partial charge in [0.15, 0.2) is 5.44 Å². The molecule has 3 N–H and O–H groups in total. The molecule has 0 aromatic heterocycles. The second-order valence-electron chi connectivity index (χ2n) is 3.79. The number of amides is 1. The second kappa shape index (κ2) is 6.30. The second-order valence-corrected chi connectivity index (χ2v) is 6.59. The summed E-state index contributed by atoms with van der Waals surface area (Å²) in [6.45, 7) is 0. The van der Waals surface area contributed by atoms with E-state index in [1.54, 1.807) is 5.32 Å². The van der Waals surface area contributed by atoms with Gasteiger partial charge in [-0.1, -0.05) is 6.07 Å². The van der Waals surface area contributed by atoms with Crippen LogP contribution in [-0.2, 0) is 14.8 Å². The summed E-state index contributed by atoms with van der Waals surface area (Å²) in [5.74, 6) is -2.17. The minimum Gasteiger partial charge on any atom is -0.372 e.